The van der Waals surface area contributed by atoms with Gasteiger partial charge in [-0.3, -0.25) is 14.4 Å². The predicted octanol–water partition coefficient (Wildman–Crippen LogP) is 3.32. The molecule has 1 aliphatic heterocycles. The van der Waals surface area contributed by atoms with Crippen molar-refractivity contribution in [1.82, 2.24) is 0 Å². The van der Waals surface area contributed by atoms with Crippen LogP contribution in [0.3, 0.4) is 0 Å². The molecule has 4 nitrogen and oxygen atoms in total. The van der Waals surface area contributed by atoms with Crippen molar-refractivity contribution in [3.8, 4) is 0 Å². The van der Waals surface area contributed by atoms with Crippen molar-refractivity contribution in [2.75, 3.05) is 4.90 Å². The summed E-state index contributed by atoms with van der Waals surface area (Å²) < 4.78 is 0. The Bertz CT molecular complexity index is 898. The van der Waals surface area contributed by atoms with E-state index >= 15 is 0 Å². The van der Waals surface area contributed by atoms with E-state index in [0.717, 1.165) is 17.5 Å². The zero-order valence-corrected chi connectivity index (χ0v) is 13.6. The molecule has 2 aromatic rings. The number of aryl methyl sites for hydroxylation is 1. The molecule has 1 aliphatic carbocycles. The predicted molar refractivity (Wildman–Crippen MR) is 94.2 cm³/mol. The summed E-state index contributed by atoms with van der Waals surface area (Å²) in [5.41, 5.74) is 2.80. The number of Topliss-reactive ketones (excluding diaryl/α,β-unsaturated/α-hetero) is 1. The van der Waals surface area contributed by atoms with Gasteiger partial charge in [-0.05, 0) is 37.0 Å². The molecular weight excluding hydrogens is 314 g/mol. The van der Waals surface area contributed by atoms with Crippen LogP contribution in [-0.4, -0.2) is 17.6 Å². The largest absolute Gasteiger partial charge is 0.294 e. The Labute approximate surface area is 145 Å². The number of fused-ring (bicyclic) bond motifs is 1. The minimum absolute atomic E-state index is 0.0705. The van der Waals surface area contributed by atoms with Crippen LogP contribution in [0.15, 0.2) is 66.2 Å². The van der Waals surface area contributed by atoms with E-state index in [1.165, 1.54) is 11.0 Å². The van der Waals surface area contributed by atoms with Crippen LogP contribution >= 0.6 is 0 Å². The minimum Gasteiger partial charge on any atom is -0.294 e. The average molecular weight is 331 g/mol. The molecule has 2 aliphatic rings. The summed E-state index contributed by atoms with van der Waals surface area (Å²) in [5.74, 6) is -0.826. The first kappa shape index (κ1) is 15.5. The standard InChI is InChI=1S/C21H17NO3/c23-19-13-16(21(25)22(19)17-7-2-1-3-8-17)12-15-11-10-14-6-4-5-9-18(14)20(15)24/h1-9,13,15H,10-12H2. The number of imide groups is 1. The number of hydrogen-bond acceptors (Lipinski definition) is 3. The van der Waals surface area contributed by atoms with Gasteiger partial charge >= 0.3 is 0 Å². The fourth-order valence-electron chi connectivity index (χ4n) is 3.61. The van der Waals surface area contributed by atoms with Crippen molar-refractivity contribution >= 4 is 23.3 Å². The third kappa shape index (κ3) is 2.70. The van der Waals surface area contributed by atoms with E-state index in [-0.39, 0.29) is 23.5 Å². The number of benzene rings is 2. The van der Waals surface area contributed by atoms with Crippen LogP contribution in [0, 0.1) is 5.92 Å². The van der Waals surface area contributed by atoms with Crippen LogP contribution < -0.4 is 4.90 Å². The molecular formula is C21H17NO3. The van der Waals surface area contributed by atoms with Gasteiger partial charge in [-0.25, -0.2) is 4.90 Å². The fourth-order valence-corrected chi connectivity index (χ4v) is 3.61. The van der Waals surface area contributed by atoms with Crippen molar-refractivity contribution in [2.24, 2.45) is 5.92 Å². The molecule has 25 heavy (non-hydrogen) atoms. The van der Waals surface area contributed by atoms with E-state index in [0.29, 0.717) is 24.1 Å². The van der Waals surface area contributed by atoms with E-state index in [4.69, 9.17) is 0 Å². The first-order valence-corrected chi connectivity index (χ1v) is 8.41. The number of carbonyl (C=O) groups excluding carboxylic acids is 3. The third-order valence-electron chi connectivity index (χ3n) is 4.89. The van der Waals surface area contributed by atoms with E-state index in [1.807, 2.05) is 30.3 Å². The van der Waals surface area contributed by atoms with Crippen molar-refractivity contribution < 1.29 is 14.4 Å². The Balaban J connectivity index is 1.54. The van der Waals surface area contributed by atoms with Crippen molar-refractivity contribution in [3.63, 3.8) is 0 Å². The summed E-state index contributed by atoms with van der Waals surface area (Å²) >= 11 is 0. The highest BCUT2D eigenvalue weighted by Gasteiger charge is 2.36. The van der Waals surface area contributed by atoms with Gasteiger partial charge in [-0.15, -0.1) is 0 Å². The number of amides is 2. The second-order valence-corrected chi connectivity index (χ2v) is 6.45. The molecule has 1 atom stereocenters. The summed E-state index contributed by atoms with van der Waals surface area (Å²) in [6.07, 6.45) is 3.23. The topological polar surface area (TPSA) is 54.5 Å². The Morgan fingerprint density at radius 3 is 2.44 bits per heavy atom. The first-order valence-electron chi connectivity index (χ1n) is 8.41. The first-order chi connectivity index (χ1) is 12.1. The Kier molecular flexibility index (Phi) is 3.80. The molecule has 124 valence electrons. The molecule has 0 spiro atoms. The second kappa shape index (κ2) is 6.13. The van der Waals surface area contributed by atoms with Gasteiger partial charge in [0.15, 0.2) is 5.78 Å². The number of rotatable bonds is 3. The number of nitrogens with zero attached hydrogens (tertiary/aromatic N) is 1. The van der Waals surface area contributed by atoms with E-state index in [9.17, 15) is 14.4 Å². The summed E-state index contributed by atoms with van der Waals surface area (Å²) in [5, 5.41) is 0. The summed E-state index contributed by atoms with van der Waals surface area (Å²) in [6, 6.07) is 16.5. The van der Waals surface area contributed by atoms with Gasteiger partial charge in [-0.2, -0.15) is 0 Å². The van der Waals surface area contributed by atoms with Gasteiger partial charge in [0.05, 0.1) is 5.69 Å². The molecule has 1 unspecified atom stereocenters. The molecule has 0 saturated heterocycles. The number of anilines is 1. The van der Waals surface area contributed by atoms with Crippen LogP contribution in [0.5, 0.6) is 0 Å². The normalized spacial score (nSPS) is 19.8. The lowest BCUT2D eigenvalue weighted by Crippen LogP contribution is -2.31. The Morgan fingerprint density at radius 1 is 0.920 bits per heavy atom. The highest BCUT2D eigenvalue weighted by Crippen LogP contribution is 2.32. The van der Waals surface area contributed by atoms with Gasteiger partial charge in [0, 0.05) is 23.1 Å². The summed E-state index contributed by atoms with van der Waals surface area (Å²) in [7, 11) is 0. The van der Waals surface area contributed by atoms with E-state index in [1.54, 1.807) is 24.3 Å². The molecule has 0 saturated carbocycles. The molecule has 4 heteroatoms. The van der Waals surface area contributed by atoms with Crippen LogP contribution in [0.25, 0.3) is 0 Å². The second-order valence-electron chi connectivity index (χ2n) is 6.45. The minimum atomic E-state index is -0.338. The quantitative estimate of drug-likeness (QED) is 0.811. The fraction of sp³-hybridized carbons (Fsp3) is 0.190. The summed E-state index contributed by atoms with van der Waals surface area (Å²) in [4.78, 5) is 38.8. The average Bonchev–Trinajstić information content (AvgIpc) is 2.92. The van der Waals surface area contributed by atoms with Gasteiger partial charge in [0.2, 0.25) is 0 Å². The summed E-state index contributed by atoms with van der Waals surface area (Å²) in [6.45, 7) is 0. The molecule has 2 aromatic carbocycles. The highest BCUT2D eigenvalue weighted by molar-refractivity contribution is 6.30. The smallest absolute Gasteiger partial charge is 0.261 e. The van der Waals surface area contributed by atoms with E-state index in [2.05, 4.69) is 0 Å². The maximum atomic E-state index is 12.7. The van der Waals surface area contributed by atoms with Crippen LogP contribution in [0.1, 0.15) is 28.8 Å². The van der Waals surface area contributed by atoms with Crippen molar-refractivity contribution in [3.05, 3.63) is 77.4 Å². The molecule has 0 bridgehead atoms. The maximum Gasteiger partial charge on any atom is 0.261 e. The third-order valence-corrected chi connectivity index (χ3v) is 4.89. The molecule has 0 fully saturated rings. The zero-order valence-electron chi connectivity index (χ0n) is 13.6. The van der Waals surface area contributed by atoms with Gasteiger partial charge < -0.3 is 0 Å². The highest BCUT2D eigenvalue weighted by atomic mass is 16.2. The van der Waals surface area contributed by atoms with Crippen LogP contribution in [0.2, 0.25) is 0 Å². The van der Waals surface area contributed by atoms with Gasteiger partial charge in [-0.1, -0.05) is 42.5 Å². The lowest BCUT2D eigenvalue weighted by atomic mass is 9.79. The lowest BCUT2D eigenvalue weighted by Gasteiger charge is -2.23. The number of carbonyl (C=O) groups is 3. The van der Waals surface area contributed by atoms with Crippen molar-refractivity contribution in [2.45, 2.75) is 19.3 Å². The monoisotopic (exact) mass is 331 g/mol. The van der Waals surface area contributed by atoms with Gasteiger partial charge in [0.25, 0.3) is 11.8 Å². The lowest BCUT2D eigenvalue weighted by molar-refractivity contribution is -0.120. The zero-order chi connectivity index (χ0) is 17.4. The molecule has 0 N–H and O–H groups in total. The molecule has 0 radical (unpaired) electrons. The van der Waals surface area contributed by atoms with Gasteiger partial charge in [0.1, 0.15) is 0 Å². The molecule has 2 amide bonds. The molecule has 0 aromatic heterocycles. The molecule has 1 heterocycles. The Hall–Kier alpha value is -3.01. The number of ketones is 1. The maximum absolute atomic E-state index is 12.7. The Morgan fingerprint density at radius 2 is 1.64 bits per heavy atom. The van der Waals surface area contributed by atoms with Crippen LogP contribution in [-0.2, 0) is 16.0 Å². The SMILES string of the molecule is O=C1c2ccccc2CCC1CC1=CC(=O)N(c2ccccc2)C1=O. The van der Waals surface area contributed by atoms with E-state index < -0.39 is 0 Å². The number of hydrogen-bond donors (Lipinski definition) is 0. The van der Waals surface area contributed by atoms with Crippen LogP contribution in [0.4, 0.5) is 5.69 Å². The number of para-hydroxylation sites is 1. The van der Waals surface area contributed by atoms with Crippen molar-refractivity contribution in [1.29, 1.82) is 0 Å². The molecule has 4 rings (SSSR count).